The Morgan fingerprint density at radius 3 is 2.95 bits per heavy atom. The number of hydrogen-bond donors (Lipinski definition) is 3. The fraction of sp³-hybridized carbons (Fsp3) is 0.400. The summed E-state index contributed by atoms with van der Waals surface area (Å²) in [5, 5.41) is 12.6. The van der Waals surface area contributed by atoms with Crippen molar-refractivity contribution in [1.29, 1.82) is 0 Å². The van der Waals surface area contributed by atoms with Crippen LogP contribution in [-0.4, -0.2) is 43.4 Å². The molecule has 37 heavy (non-hydrogen) atoms. The minimum atomic E-state index is -3.96. The van der Waals surface area contributed by atoms with Crippen molar-refractivity contribution in [3.63, 3.8) is 0 Å². The highest BCUT2D eigenvalue weighted by atomic mass is 35.5. The topological polar surface area (TPSA) is 136 Å². The maximum atomic E-state index is 13.6. The van der Waals surface area contributed by atoms with Gasteiger partial charge in [-0.2, -0.15) is 8.42 Å². The first-order valence-corrected chi connectivity index (χ1v) is 14.7. The average Bonchev–Trinajstić information content (AvgIpc) is 3.48. The number of carbonyl (C=O) groups is 1. The number of rotatable bonds is 8. The van der Waals surface area contributed by atoms with Crippen LogP contribution in [0.4, 0.5) is 5.82 Å². The molecule has 3 aromatic rings. The van der Waals surface area contributed by atoms with E-state index in [2.05, 4.69) is 26.7 Å². The third kappa shape index (κ3) is 6.02. The van der Waals surface area contributed by atoms with Crippen molar-refractivity contribution >= 4 is 44.8 Å². The smallest absolute Gasteiger partial charge is 0.333 e. The molecule has 0 bridgehead atoms. The summed E-state index contributed by atoms with van der Waals surface area (Å²) in [5.41, 5.74) is 3.88. The van der Waals surface area contributed by atoms with Crippen LogP contribution in [-0.2, 0) is 20.9 Å². The number of halogens is 1. The first-order chi connectivity index (χ1) is 17.7. The summed E-state index contributed by atoms with van der Waals surface area (Å²) >= 11 is 7.76. The molecule has 5 rings (SSSR count). The summed E-state index contributed by atoms with van der Waals surface area (Å²) in [6, 6.07) is 7.96. The normalized spacial score (nSPS) is 21.5. The summed E-state index contributed by atoms with van der Waals surface area (Å²) < 4.78 is 26.9. The van der Waals surface area contributed by atoms with Crippen LogP contribution in [0.3, 0.4) is 0 Å². The lowest BCUT2D eigenvalue weighted by Gasteiger charge is -2.27. The molecular weight excluding hydrogens is 534 g/mol. The van der Waals surface area contributed by atoms with Crippen molar-refractivity contribution in [3.05, 3.63) is 73.8 Å². The van der Waals surface area contributed by atoms with E-state index in [1.54, 1.807) is 0 Å². The van der Waals surface area contributed by atoms with Gasteiger partial charge in [-0.05, 0) is 73.4 Å². The van der Waals surface area contributed by atoms with Gasteiger partial charge in [-0.3, -0.25) is 8.98 Å². The standard InChI is InChI=1S/C25H28ClN5O4S2/c1-14-19(23-20-9-17(26)4-3-16(20)6-7-29-23)10-22(36-14)24(32)21-11-28-13-30-25(21)31-18-5-2-15(8-18)12-35-37(27,33)34/h3-4,9-11,13,15,18,23,29H,2,5-8,12H2,1H3,(H2,27,33,34)(H,28,30,31)/t15-,18+,23?/m1/s1. The van der Waals surface area contributed by atoms with E-state index in [1.807, 2.05) is 25.1 Å². The number of nitrogens with zero attached hydrogens (tertiary/aromatic N) is 2. The molecule has 2 aromatic heterocycles. The molecule has 2 aliphatic rings. The van der Waals surface area contributed by atoms with Gasteiger partial charge in [-0.1, -0.05) is 17.7 Å². The largest absolute Gasteiger partial charge is 0.367 e. The van der Waals surface area contributed by atoms with Crippen molar-refractivity contribution in [3.8, 4) is 0 Å². The molecule has 1 aliphatic heterocycles. The second-order valence-electron chi connectivity index (χ2n) is 9.51. The molecular formula is C25H28ClN5O4S2. The summed E-state index contributed by atoms with van der Waals surface area (Å²) in [6.07, 6.45) is 6.16. The number of anilines is 1. The van der Waals surface area contributed by atoms with E-state index in [-0.39, 0.29) is 30.4 Å². The van der Waals surface area contributed by atoms with E-state index >= 15 is 0 Å². The molecule has 12 heteroatoms. The van der Waals surface area contributed by atoms with E-state index in [1.165, 1.54) is 29.4 Å². The van der Waals surface area contributed by atoms with Crippen molar-refractivity contribution in [1.82, 2.24) is 15.3 Å². The maximum absolute atomic E-state index is 13.6. The van der Waals surface area contributed by atoms with E-state index in [0.717, 1.165) is 41.8 Å². The Hall–Kier alpha value is -2.41. The molecule has 0 spiro atoms. The molecule has 3 heterocycles. The van der Waals surface area contributed by atoms with Crippen LogP contribution in [0.15, 0.2) is 36.8 Å². The summed E-state index contributed by atoms with van der Waals surface area (Å²) in [5.74, 6) is 0.383. The molecule has 9 nitrogen and oxygen atoms in total. The lowest BCUT2D eigenvalue weighted by Crippen LogP contribution is -2.30. The summed E-state index contributed by atoms with van der Waals surface area (Å²) in [6.45, 7) is 2.93. The van der Waals surface area contributed by atoms with Crippen molar-refractivity contribution < 1.29 is 17.4 Å². The zero-order valence-corrected chi connectivity index (χ0v) is 22.6. The number of nitrogens with one attached hydrogen (secondary N) is 2. The van der Waals surface area contributed by atoms with Crippen LogP contribution < -0.4 is 15.8 Å². The molecule has 3 atom stereocenters. The van der Waals surface area contributed by atoms with Gasteiger partial charge in [0.15, 0.2) is 0 Å². The van der Waals surface area contributed by atoms with Crippen LogP contribution >= 0.6 is 22.9 Å². The lowest BCUT2D eigenvalue weighted by molar-refractivity contribution is 0.104. The number of carbonyl (C=O) groups excluding carboxylic acids is 1. The van der Waals surface area contributed by atoms with Crippen LogP contribution in [0.5, 0.6) is 0 Å². The van der Waals surface area contributed by atoms with Gasteiger partial charge in [0.25, 0.3) is 0 Å². The number of nitrogens with two attached hydrogens (primary N) is 1. The lowest BCUT2D eigenvalue weighted by atomic mass is 9.90. The minimum Gasteiger partial charge on any atom is -0.367 e. The molecule has 4 N–H and O–H groups in total. The van der Waals surface area contributed by atoms with E-state index in [0.29, 0.717) is 27.7 Å². The number of ketones is 1. The van der Waals surface area contributed by atoms with E-state index < -0.39 is 10.3 Å². The van der Waals surface area contributed by atoms with Gasteiger partial charge >= 0.3 is 10.3 Å². The minimum absolute atomic E-state index is 0.0279. The molecule has 1 aromatic carbocycles. The van der Waals surface area contributed by atoms with Gasteiger partial charge in [0.05, 0.1) is 23.1 Å². The molecule has 1 saturated carbocycles. The number of aromatic nitrogens is 2. The van der Waals surface area contributed by atoms with E-state index in [4.69, 9.17) is 20.9 Å². The molecule has 0 saturated heterocycles. The number of fused-ring (bicyclic) bond motifs is 1. The Labute approximate surface area is 225 Å². The molecule has 0 radical (unpaired) electrons. The van der Waals surface area contributed by atoms with Gasteiger partial charge in [0.2, 0.25) is 5.78 Å². The second kappa shape index (κ2) is 10.8. The fourth-order valence-electron chi connectivity index (χ4n) is 5.18. The highest BCUT2D eigenvalue weighted by molar-refractivity contribution is 7.84. The Morgan fingerprint density at radius 1 is 1.30 bits per heavy atom. The quantitative estimate of drug-likeness (QED) is 0.354. The fourth-order valence-corrected chi connectivity index (χ4v) is 6.76. The zero-order chi connectivity index (χ0) is 26.2. The first kappa shape index (κ1) is 26.2. The third-order valence-electron chi connectivity index (χ3n) is 6.96. The van der Waals surface area contributed by atoms with Crippen LogP contribution in [0.25, 0.3) is 0 Å². The highest BCUT2D eigenvalue weighted by Gasteiger charge is 2.29. The van der Waals surface area contributed by atoms with Gasteiger partial charge in [0.1, 0.15) is 12.1 Å². The monoisotopic (exact) mass is 561 g/mol. The number of thiophene rings is 1. The van der Waals surface area contributed by atoms with Gasteiger partial charge in [-0.25, -0.2) is 15.1 Å². The number of aryl methyl sites for hydroxylation is 1. The van der Waals surface area contributed by atoms with Crippen LogP contribution in [0.1, 0.15) is 62.1 Å². The predicted octanol–water partition coefficient (Wildman–Crippen LogP) is 3.77. The zero-order valence-electron chi connectivity index (χ0n) is 20.2. The average molecular weight is 562 g/mol. The van der Waals surface area contributed by atoms with Crippen molar-refractivity contribution in [2.24, 2.45) is 11.1 Å². The predicted molar refractivity (Wildman–Crippen MR) is 143 cm³/mol. The van der Waals surface area contributed by atoms with Crippen molar-refractivity contribution in [2.75, 3.05) is 18.5 Å². The number of hydrogen-bond acceptors (Lipinski definition) is 9. The molecule has 0 amide bonds. The molecule has 196 valence electrons. The van der Waals surface area contributed by atoms with E-state index in [9.17, 15) is 13.2 Å². The molecule has 1 unspecified atom stereocenters. The van der Waals surface area contributed by atoms with Crippen LogP contribution in [0.2, 0.25) is 5.02 Å². The number of benzene rings is 1. The maximum Gasteiger partial charge on any atom is 0.333 e. The van der Waals surface area contributed by atoms with Gasteiger partial charge < -0.3 is 10.6 Å². The Morgan fingerprint density at radius 2 is 2.14 bits per heavy atom. The molecule has 1 aliphatic carbocycles. The summed E-state index contributed by atoms with van der Waals surface area (Å²) in [4.78, 5) is 23.7. The van der Waals surface area contributed by atoms with Crippen molar-refractivity contribution in [2.45, 2.75) is 44.7 Å². The first-order valence-electron chi connectivity index (χ1n) is 12.1. The highest BCUT2D eigenvalue weighted by Crippen LogP contribution is 2.37. The Kier molecular flexibility index (Phi) is 7.62. The molecule has 1 fully saturated rings. The SMILES string of the molecule is Cc1sc(C(=O)c2cncnc2N[C@H]2CC[C@@H](COS(N)(=O)=O)C2)cc1C1NCCc2ccc(Cl)cc21. The summed E-state index contributed by atoms with van der Waals surface area (Å²) in [7, 11) is -3.96. The Balaban J connectivity index is 1.34. The Bertz CT molecular complexity index is 1430. The van der Waals surface area contributed by atoms with Gasteiger partial charge in [0, 0.05) is 28.7 Å². The van der Waals surface area contributed by atoms with Gasteiger partial charge in [-0.15, -0.1) is 11.3 Å². The second-order valence-corrected chi connectivity index (χ2v) is 12.4. The van der Waals surface area contributed by atoms with Crippen LogP contribution in [0, 0.1) is 12.8 Å². The third-order valence-corrected chi connectivity index (χ3v) is 8.72.